The monoisotopic (exact) mass is 555 g/mol. The highest BCUT2D eigenvalue weighted by molar-refractivity contribution is 7.91. The first kappa shape index (κ1) is 27.9. The van der Waals surface area contributed by atoms with Crippen molar-refractivity contribution >= 4 is 16.1 Å². The Bertz CT molecular complexity index is 1520. The number of ether oxygens (including phenoxy) is 3. The Labute approximate surface area is 225 Å². The van der Waals surface area contributed by atoms with Crippen LogP contribution in [0, 0.1) is 13.8 Å². The van der Waals surface area contributed by atoms with E-state index >= 15 is 0 Å². The highest BCUT2D eigenvalue weighted by Gasteiger charge is 2.36. The highest BCUT2D eigenvalue weighted by Crippen LogP contribution is 2.37. The van der Waals surface area contributed by atoms with Crippen LogP contribution in [-0.2, 0) is 25.1 Å². The van der Waals surface area contributed by atoms with Crippen LogP contribution in [0.25, 0.3) is 17.3 Å². The minimum Gasteiger partial charge on any atom is -0.494 e. The number of rotatable bonds is 12. The fourth-order valence-corrected chi connectivity index (χ4v) is 5.41. The lowest BCUT2D eigenvalue weighted by Gasteiger charge is -2.23. The number of hydrogen-bond acceptors (Lipinski definition) is 11. The van der Waals surface area contributed by atoms with Crippen molar-refractivity contribution in [3.8, 4) is 28.8 Å². The molecule has 0 saturated carbocycles. The number of aryl methyl sites for hydroxylation is 2. The SMILES string of the molecule is COc1cccc(OC)c1-n1c(CS(=O)(=O)[C@H](C)[C@H](OCC=O)c2ncc(C)cn2)nnc1-c1ccc(C)o1. The Kier molecular flexibility index (Phi) is 8.41. The van der Waals surface area contributed by atoms with Crippen LogP contribution in [0.1, 0.15) is 36.0 Å². The highest BCUT2D eigenvalue weighted by atomic mass is 32.2. The zero-order valence-electron chi connectivity index (χ0n) is 22.2. The topological polar surface area (TPSA) is 149 Å². The second-order valence-corrected chi connectivity index (χ2v) is 11.1. The van der Waals surface area contributed by atoms with Gasteiger partial charge in [-0.1, -0.05) is 6.07 Å². The zero-order valence-corrected chi connectivity index (χ0v) is 23.0. The molecule has 12 nitrogen and oxygen atoms in total. The number of carbonyl (C=O) groups is 1. The smallest absolute Gasteiger partial charge is 0.204 e. The van der Waals surface area contributed by atoms with Gasteiger partial charge in [0, 0.05) is 12.4 Å². The van der Waals surface area contributed by atoms with E-state index < -0.39 is 26.9 Å². The number of sulfone groups is 1. The van der Waals surface area contributed by atoms with Crippen LogP contribution in [0.3, 0.4) is 0 Å². The van der Waals surface area contributed by atoms with E-state index in [4.69, 9.17) is 18.6 Å². The Morgan fingerprint density at radius 3 is 2.26 bits per heavy atom. The molecule has 0 aliphatic carbocycles. The third kappa shape index (κ3) is 5.83. The molecule has 0 aliphatic rings. The van der Waals surface area contributed by atoms with Gasteiger partial charge in [-0.05, 0) is 50.6 Å². The predicted octanol–water partition coefficient (Wildman–Crippen LogP) is 3.21. The van der Waals surface area contributed by atoms with Crippen LogP contribution in [0.4, 0.5) is 0 Å². The van der Waals surface area contributed by atoms with Gasteiger partial charge in [0.2, 0.25) is 5.82 Å². The number of methoxy groups -OCH3 is 2. The summed E-state index contributed by atoms with van der Waals surface area (Å²) in [5, 5.41) is 7.37. The molecule has 3 aromatic heterocycles. The van der Waals surface area contributed by atoms with Crippen molar-refractivity contribution < 1.29 is 31.8 Å². The Morgan fingerprint density at radius 2 is 1.69 bits per heavy atom. The maximum absolute atomic E-state index is 13.8. The van der Waals surface area contributed by atoms with Crippen molar-refractivity contribution in [3.63, 3.8) is 0 Å². The molecule has 4 aromatic rings. The fourth-order valence-electron chi connectivity index (χ4n) is 4.02. The first-order chi connectivity index (χ1) is 18.7. The lowest BCUT2D eigenvalue weighted by atomic mass is 10.2. The average molecular weight is 556 g/mol. The van der Waals surface area contributed by atoms with Gasteiger partial charge in [0.05, 0.1) is 19.5 Å². The number of para-hydroxylation sites is 1. The van der Waals surface area contributed by atoms with Crippen molar-refractivity contribution in [3.05, 3.63) is 65.7 Å². The summed E-state index contributed by atoms with van der Waals surface area (Å²) in [6, 6.07) is 8.67. The van der Waals surface area contributed by atoms with Crippen molar-refractivity contribution in [1.29, 1.82) is 0 Å². The minimum absolute atomic E-state index is 0.0904. The van der Waals surface area contributed by atoms with Gasteiger partial charge in [-0.3, -0.25) is 4.57 Å². The van der Waals surface area contributed by atoms with Crippen LogP contribution >= 0.6 is 0 Å². The standard InChI is InChI=1S/C26H29N5O7S/c1-16-13-27-25(28-14-16)24(37-12-11-32)18(3)39(33,34)15-22-29-30-26(21-10-9-17(2)38-21)31(22)23-19(35-4)7-6-8-20(23)36-5/h6-11,13-14,18,24H,12,15H2,1-5H3/t18-,24+/m1/s1. The molecule has 0 amide bonds. The lowest BCUT2D eigenvalue weighted by Crippen LogP contribution is -2.31. The van der Waals surface area contributed by atoms with Gasteiger partial charge < -0.3 is 23.4 Å². The average Bonchev–Trinajstić information content (AvgIpc) is 3.54. The summed E-state index contributed by atoms with van der Waals surface area (Å²) in [7, 11) is -1.00. The van der Waals surface area contributed by atoms with Crippen LogP contribution in [0.15, 0.2) is 47.1 Å². The number of aldehydes is 1. The van der Waals surface area contributed by atoms with E-state index in [0.29, 0.717) is 35.0 Å². The van der Waals surface area contributed by atoms with Crippen molar-refractivity contribution in [2.45, 2.75) is 37.9 Å². The first-order valence-electron chi connectivity index (χ1n) is 12.0. The molecule has 0 spiro atoms. The molecular formula is C26H29N5O7S. The van der Waals surface area contributed by atoms with E-state index in [1.165, 1.54) is 21.1 Å². The first-order valence-corrected chi connectivity index (χ1v) is 13.7. The molecule has 0 unspecified atom stereocenters. The van der Waals surface area contributed by atoms with E-state index in [9.17, 15) is 13.2 Å². The van der Waals surface area contributed by atoms with Crippen LogP contribution in [0.5, 0.6) is 11.5 Å². The van der Waals surface area contributed by atoms with E-state index in [2.05, 4.69) is 20.2 Å². The normalized spacial score (nSPS) is 13.2. The quantitative estimate of drug-likeness (QED) is 0.237. The molecule has 0 N–H and O–H groups in total. The van der Waals surface area contributed by atoms with Gasteiger partial charge in [-0.25, -0.2) is 18.4 Å². The van der Waals surface area contributed by atoms with Gasteiger partial charge in [0.1, 0.15) is 47.7 Å². The molecule has 0 radical (unpaired) electrons. The second-order valence-electron chi connectivity index (χ2n) is 8.75. The molecular weight excluding hydrogens is 526 g/mol. The van der Waals surface area contributed by atoms with Crippen LogP contribution in [0.2, 0.25) is 0 Å². The number of carbonyl (C=O) groups excluding carboxylic acids is 1. The van der Waals surface area contributed by atoms with E-state index in [-0.39, 0.29) is 24.1 Å². The summed E-state index contributed by atoms with van der Waals surface area (Å²) in [5.41, 5.74) is 1.20. The number of aromatic nitrogens is 5. The van der Waals surface area contributed by atoms with Crippen LogP contribution in [-0.4, -0.2) is 65.5 Å². The molecule has 0 fully saturated rings. The summed E-state index contributed by atoms with van der Waals surface area (Å²) in [6.45, 7) is 4.75. The molecule has 39 heavy (non-hydrogen) atoms. The summed E-state index contributed by atoms with van der Waals surface area (Å²) in [4.78, 5) is 19.5. The maximum atomic E-state index is 13.8. The van der Waals surface area contributed by atoms with Gasteiger partial charge in [0.25, 0.3) is 0 Å². The van der Waals surface area contributed by atoms with Crippen molar-refractivity contribution in [1.82, 2.24) is 24.7 Å². The molecule has 206 valence electrons. The zero-order chi connectivity index (χ0) is 28.2. The number of hydrogen-bond donors (Lipinski definition) is 0. The van der Waals surface area contributed by atoms with Gasteiger partial charge in [-0.15, -0.1) is 10.2 Å². The van der Waals surface area contributed by atoms with E-state index in [1.54, 1.807) is 54.2 Å². The Balaban J connectivity index is 1.82. The van der Waals surface area contributed by atoms with Gasteiger partial charge in [0.15, 0.2) is 27.2 Å². The summed E-state index contributed by atoms with van der Waals surface area (Å²) < 4.78 is 51.7. The molecule has 4 rings (SSSR count). The third-order valence-corrected chi connectivity index (χ3v) is 8.08. The molecule has 2 atom stereocenters. The number of nitrogens with zero attached hydrogens (tertiary/aromatic N) is 5. The molecule has 0 saturated heterocycles. The molecule has 13 heteroatoms. The largest absolute Gasteiger partial charge is 0.494 e. The second kappa shape index (κ2) is 11.7. The number of furan rings is 1. The van der Waals surface area contributed by atoms with Crippen molar-refractivity contribution in [2.75, 3.05) is 20.8 Å². The maximum Gasteiger partial charge on any atom is 0.204 e. The summed E-state index contributed by atoms with van der Waals surface area (Å²) in [5.74, 6) is 1.81. The summed E-state index contributed by atoms with van der Waals surface area (Å²) >= 11 is 0. The number of benzene rings is 1. The Hall–Kier alpha value is -4.10. The van der Waals surface area contributed by atoms with Gasteiger partial charge >= 0.3 is 0 Å². The Morgan fingerprint density at radius 1 is 1.03 bits per heavy atom. The van der Waals surface area contributed by atoms with Crippen LogP contribution < -0.4 is 9.47 Å². The minimum atomic E-state index is -3.99. The molecule has 3 heterocycles. The summed E-state index contributed by atoms with van der Waals surface area (Å²) in [6.07, 6.45) is 2.57. The molecule has 0 aliphatic heterocycles. The third-order valence-electron chi connectivity index (χ3n) is 6.04. The molecule has 0 bridgehead atoms. The van der Waals surface area contributed by atoms with E-state index in [1.807, 2.05) is 6.92 Å². The molecule has 1 aromatic carbocycles. The van der Waals surface area contributed by atoms with E-state index in [0.717, 1.165) is 5.56 Å². The lowest BCUT2D eigenvalue weighted by molar-refractivity contribution is -0.114. The fraction of sp³-hybridized carbons (Fsp3) is 0.346. The predicted molar refractivity (Wildman–Crippen MR) is 141 cm³/mol. The van der Waals surface area contributed by atoms with Gasteiger partial charge in [-0.2, -0.15) is 0 Å². The van der Waals surface area contributed by atoms with Crippen molar-refractivity contribution in [2.24, 2.45) is 0 Å².